The van der Waals surface area contributed by atoms with Crippen LogP contribution < -0.4 is 9.46 Å². The van der Waals surface area contributed by atoms with Crippen LogP contribution >= 0.6 is 0 Å². The predicted molar refractivity (Wildman–Crippen MR) is 85.4 cm³/mol. The second-order valence-corrected chi connectivity index (χ2v) is 8.60. The van der Waals surface area contributed by atoms with Crippen LogP contribution in [0.1, 0.15) is 47.1 Å². The Balaban J connectivity index is 2.98. The van der Waals surface area contributed by atoms with E-state index in [2.05, 4.69) is 25.5 Å². The molecule has 0 radical (unpaired) electrons. The lowest BCUT2D eigenvalue weighted by atomic mass is 9.99. The third-order valence-corrected chi connectivity index (χ3v) is 3.89. The van der Waals surface area contributed by atoms with E-state index in [0.29, 0.717) is 17.3 Å². The molecule has 0 heterocycles. The molecule has 0 bridgehead atoms. The monoisotopic (exact) mass is 297 g/mol. The highest BCUT2D eigenvalue weighted by molar-refractivity contribution is 7.83. The highest BCUT2D eigenvalue weighted by atomic mass is 32.2. The normalized spacial score (nSPS) is 14.2. The van der Waals surface area contributed by atoms with Gasteiger partial charge < -0.3 is 4.74 Å². The maximum absolute atomic E-state index is 12.4. The molecule has 1 atom stereocenters. The largest absolute Gasteiger partial charge is 0.492 e. The molecule has 1 unspecified atom stereocenters. The van der Waals surface area contributed by atoms with Gasteiger partial charge in [-0.05, 0) is 50.8 Å². The van der Waals surface area contributed by atoms with Gasteiger partial charge in [0, 0.05) is 5.54 Å². The van der Waals surface area contributed by atoms with Crippen molar-refractivity contribution in [2.45, 2.75) is 58.9 Å². The van der Waals surface area contributed by atoms with Crippen LogP contribution in [-0.4, -0.2) is 16.4 Å². The Kier molecular flexibility index (Phi) is 5.39. The number of hydrogen-bond acceptors (Lipinski definition) is 2. The Morgan fingerprint density at radius 3 is 2.25 bits per heavy atom. The van der Waals surface area contributed by atoms with Crippen LogP contribution in [0.4, 0.5) is 0 Å². The van der Waals surface area contributed by atoms with E-state index < -0.39 is 11.0 Å². The van der Waals surface area contributed by atoms with Crippen molar-refractivity contribution >= 4 is 11.0 Å². The van der Waals surface area contributed by atoms with Crippen LogP contribution in [0.25, 0.3) is 0 Å². The second-order valence-electron chi connectivity index (χ2n) is 7.42. The van der Waals surface area contributed by atoms with E-state index in [4.69, 9.17) is 4.74 Å². The fraction of sp³-hybridized carbons (Fsp3) is 0.625. The van der Waals surface area contributed by atoms with E-state index >= 15 is 0 Å². The zero-order valence-corrected chi connectivity index (χ0v) is 14.5. The molecular formula is C16H27NO2S. The summed E-state index contributed by atoms with van der Waals surface area (Å²) in [6, 6.07) is 5.78. The molecule has 0 aliphatic rings. The summed E-state index contributed by atoms with van der Waals surface area (Å²) in [5, 5.41) is 0. The fourth-order valence-electron chi connectivity index (χ4n) is 1.51. The number of aryl methyl sites for hydroxylation is 1. The summed E-state index contributed by atoms with van der Waals surface area (Å²) in [5.74, 6) is 0.704. The first kappa shape index (κ1) is 17.2. The molecule has 0 aliphatic carbocycles. The first-order valence-electron chi connectivity index (χ1n) is 6.91. The molecule has 1 aromatic rings. The van der Waals surface area contributed by atoms with Crippen molar-refractivity contribution in [3.05, 3.63) is 23.8 Å². The van der Waals surface area contributed by atoms with E-state index in [9.17, 15) is 4.21 Å². The van der Waals surface area contributed by atoms with Gasteiger partial charge in [-0.25, -0.2) is 8.93 Å². The number of benzene rings is 1. The van der Waals surface area contributed by atoms with Crippen molar-refractivity contribution in [3.63, 3.8) is 0 Å². The molecule has 0 saturated carbocycles. The van der Waals surface area contributed by atoms with E-state index in [0.717, 1.165) is 5.56 Å². The lowest BCUT2D eigenvalue weighted by Gasteiger charge is -2.23. The van der Waals surface area contributed by atoms with Gasteiger partial charge >= 0.3 is 0 Å². The van der Waals surface area contributed by atoms with Crippen molar-refractivity contribution in [1.82, 2.24) is 4.72 Å². The zero-order chi connectivity index (χ0) is 15.6. The molecule has 1 aromatic carbocycles. The molecule has 0 aliphatic heterocycles. The summed E-state index contributed by atoms with van der Waals surface area (Å²) >= 11 is 0. The Bertz CT molecular complexity index is 484. The molecule has 0 spiro atoms. The first-order chi connectivity index (χ1) is 8.98. The number of ether oxygens (including phenoxy) is 1. The van der Waals surface area contributed by atoms with Crippen molar-refractivity contribution in [2.75, 3.05) is 6.61 Å². The van der Waals surface area contributed by atoms with Crippen molar-refractivity contribution in [3.8, 4) is 5.75 Å². The van der Waals surface area contributed by atoms with Gasteiger partial charge in [-0.2, -0.15) is 0 Å². The third kappa shape index (κ3) is 6.06. The number of nitrogens with one attached hydrogen (secondary N) is 1. The van der Waals surface area contributed by atoms with Crippen LogP contribution in [0.3, 0.4) is 0 Å². The average molecular weight is 297 g/mol. The Morgan fingerprint density at radius 2 is 1.75 bits per heavy atom. The van der Waals surface area contributed by atoms with Crippen molar-refractivity contribution in [2.24, 2.45) is 5.41 Å². The smallest absolute Gasteiger partial charge is 0.137 e. The summed E-state index contributed by atoms with van der Waals surface area (Å²) in [6.07, 6.45) is 0. The maximum Gasteiger partial charge on any atom is 0.137 e. The highest BCUT2D eigenvalue weighted by Crippen LogP contribution is 2.26. The molecule has 114 valence electrons. The molecule has 1 rings (SSSR count). The lowest BCUT2D eigenvalue weighted by molar-refractivity contribution is 0.194. The molecule has 0 aromatic heterocycles. The molecular weight excluding hydrogens is 270 g/mol. The van der Waals surface area contributed by atoms with Gasteiger partial charge in [-0.15, -0.1) is 0 Å². The summed E-state index contributed by atoms with van der Waals surface area (Å²) in [7, 11) is -1.28. The minimum atomic E-state index is -1.28. The van der Waals surface area contributed by atoms with E-state index in [-0.39, 0.29) is 11.0 Å². The molecule has 3 nitrogen and oxygen atoms in total. The zero-order valence-electron chi connectivity index (χ0n) is 13.7. The van der Waals surface area contributed by atoms with Gasteiger partial charge in [0.2, 0.25) is 0 Å². The topological polar surface area (TPSA) is 38.3 Å². The third-order valence-electron chi connectivity index (χ3n) is 2.36. The predicted octanol–water partition coefficient (Wildman–Crippen LogP) is 3.83. The summed E-state index contributed by atoms with van der Waals surface area (Å²) < 4.78 is 21.4. The van der Waals surface area contributed by atoms with Gasteiger partial charge in [0.25, 0.3) is 0 Å². The van der Waals surface area contributed by atoms with E-state index in [1.165, 1.54) is 0 Å². The van der Waals surface area contributed by atoms with Gasteiger partial charge in [0.15, 0.2) is 0 Å². The van der Waals surface area contributed by atoms with Crippen LogP contribution in [-0.2, 0) is 11.0 Å². The second kappa shape index (κ2) is 6.27. The molecule has 1 N–H and O–H groups in total. The van der Waals surface area contributed by atoms with Gasteiger partial charge in [-0.1, -0.05) is 26.8 Å². The standard InChI is InChI=1S/C16H27NO2S/c1-12-8-9-14(20(18)17-16(5,6)7)13(10-12)19-11-15(2,3)4/h8-10,17H,11H2,1-7H3. The SMILES string of the molecule is Cc1ccc(S(=O)NC(C)(C)C)c(OCC(C)(C)C)c1. The Labute approximate surface area is 125 Å². The van der Waals surface area contributed by atoms with Gasteiger partial charge in [-0.3, -0.25) is 0 Å². The van der Waals surface area contributed by atoms with Gasteiger partial charge in [0.1, 0.15) is 16.7 Å². The molecule has 4 heteroatoms. The summed E-state index contributed by atoms with van der Waals surface area (Å²) in [4.78, 5) is 0.703. The van der Waals surface area contributed by atoms with Crippen molar-refractivity contribution in [1.29, 1.82) is 0 Å². The average Bonchev–Trinajstić information content (AvgIpc) is 2.22. The molecule has 0 fully saturated rings. The quantitative estimate of drug-likeness (QED) is 0.917. The number of hydrogen-bond donors (Lipinski definition) is 1. The van der Waals surface area contributed by atoms with E-state index in [1.54, 1.807) is 0 Å². The van der Waals surface area contributed by atoms with Crippen LogP contribution in [0, 0.1) is 12.3 Å². The van der Waals surface area contributed by atoms with E-state index in [1.807, 2.05) is 45.9 Å². The van der Waals surface area contributed by atoms with Crippen LogP contribution in [0.2, 0.25) is 0 Å². The maximum atomic E-state index is 12.4. The summed E-state index contributed by atoms with van der Waals surface area (Å²) in [5.41, 5.74) is 0.960. The van der Waals surface area contributed by atoms with Crippen LogP contribution in [0.15, 0.2) is 23.1 Å². The fourth-order valence-corrected chi connectivity index (χ4v) is 2.67. The highest BCUT2D eigenvalue weighted by Gasteiger charge is 2.19. The first-order valence-corrected chi connectivity index (χ1v) is 8.06. The number of rotatable bonds is 4. The lowest BCUT2D eigenvalue weighted by Crippen LogP contribution is -2.37. The summed E-state index contributed by atoms with van der Waals surface area (Å²) in [6.45, 7) is 14.9. The molecule has 0 saturated heterocycles. The Hall–Kier alpha value is -0.870. The Morgan fingerprint density at radius 1 is 1.15 bits per heavy atom. The van der Waals surface area contributed by atoms with Gasteiger partial charge in [0.05, 0.1) is 11.5 Å². The molecule has 0 amide bonds. The minimum absolute atomic E-state index is 0.0694. The van der Waals surface area contributed by atoms with Crippen molar-refractivity contribution < 1.29 is 8.95 Å². The minimum Gasteiger partial charge on any atom is -0.492 e. The van der Waals surface area contributed by atoms with Crippen LogP contribution in [0.5, 0.6) is 5.75 Å². The molecule has 20 heavy (non-hydrogen) atoms.